The minimum Gasteiger partial charge on any atom is -0.456 e. The summed E-state index contributed by atoms with van der Waals surface area (Å²) < 4.78 is 33.3. The molecule has 3 heterocycles. The second-order valence-corrected chi connectivity index (χ2v) is 9.31. The number of aliphatic hydroxyl groups is 1. The van der Waals surface area contributed by atoms with E-state index in [4.69, 9.17) is 9.56 Å². The molecule has 4 N–H and O–H groups in total. The zero-order valence-electron chi connectivity index (χ0n) is 18.6. The summed E-state index contributed by atoms with van der Waals surface area (Å²) in [6.45, 7) is 0.120. The Morgan fingerprint density at radius 1 is 1.34 bits per heavy atom. The molecule has 1 fully saturated rings. The summed E-state index contributed by atoms with van der Waals surface area (Å²) >= 11 is 0. The molecule has 0 bridgehead atoms. The predicted octanol–water partition coefficient (Wildman–Crippen LogP) is 0.515. The average Bonchev–Trinajstić information content (AvgIpc) is 3.54. The second-order valence-electron chi connectivity index (χ2n) is 8.09. The second kappa shape index (κ2) is 10.8. The fraction of sp³-hybridized carbons (Fsp3) is 0.364. The number of aromatic nitrogens is 4. The van der Waals surface area contributed by atoms with Gasteiger partial charge in [0, 0.05) is 24.2 Å². The zero-order valence-corrected chi connectivity index (χ0v) is 19.4. The van der Waals surface area contributed by atoms with Crippen LogP contribution in [-0.4, -0.2) is 57.8 Å². The Balaban J connectivity index is 1.31. The highest BCUT2D eigenvalue weighted by Gasteiger charge is 2.34. The van der Waals surface area contributed by atoms with Crippen molar-refractivity contribution in [1.29, 1.82) is 0 Å². The van der Waals surface area contributed by atoms with Crippen LogP contribution in [0.25, 0.3) is 0 Å². The van der Waals surface area contributed by atoms with Crippen LogP contribution in [0.1, 0.15) is 34.8 Å². The van der Waals surface area contributed by atoms with Gasteiger partial charge < -0.3 is 14.8 Å². The zero-order chi connectivity index (χ0) is 24.8. The van der Waals surface area contributed by atoms with E-state index in [1.54, 1.807) is 41.4 Å². The van der Waals surface area contributed by atoms with E-state index in [0.29, 0.717) is 42.4 Å². The number of carbonyl (C=O) groups is 1. The van der Waals surface area contributed by atoms with Gasteiger partial charge in [-0.3, -0.25) is 13.7 Å². The number of aliphatic hydroxyl groups excluding tert-OH is 1. The fourth-order valence-electron chi connectivity index (χ4n) is 3.78. The molecule has 13 heteroatoms. The molecule has 3 aromatic heterocycles. The molecule has 12 nitrogen and oxygen atoms in total. The molecule has 0 aliphatic heterocycles. The van der Waals surface area contributed by atoms with Crippen LogP contribution < -0.4 is 10.5 Å². The first-order chi connectivity index (χ1) is 16.7. The number of nitrogens with one attached hydrogen (secondary N) is 1. The fourth-order valence-corrected chi connectivity index (χ4v) is 4.14. The standard InChI is InChI=1S/C22H24N6O6S/c23-35(31,32)34-13-15-9-17(11-20(15)29)26-22-12-16(24-14-25-22)10-21(30)19-5-7-28(27-19)6-1-3-18-4-2-8-33-18/h2,4-5,7-8,12,14-15,17,20,29H,6,9-11,13H2,(H2,23,31,32)(H,24,25,26)/t15-,17-,20+/m1/s1. The van der Waals surface area contributed by atoms with E-state index in [2.05, 4.69) is 36.4 Å². The summed E-state index contributed by atoms with van der Waals surface area (Å²) in [4.78, 5) is 21.0. The molecule has 184 valence electrons. The van der Waals surface area contributed by atoms with Crippen molar-refractivity contribution in [2.45, 2.75) is 38.0 Å². The Bertz CT molecular complexity index is 1330. The average molecular weight is 501 g/mol. The molecular weight excluding hydrogens is 476 g/mol. The van der Waals surface area contributed by atoms with Crippen LogP contribution in [0, 0.1) is 17.8 Å². The maximum Gasteiger partial charge on any atom is 0.333 e. The molecule has 0 unspecified atom stereocenters. The van der Waals surface area contributed by atoms with Gasteiger partial charge in [0.25, 0.3) is 0 Å². The van der Waals surface area contributed by atoms with Crippen molar-refractivity contribution in [3.8, 4) is 11.8 Å². The third kappa shape index (κ3) is 7.20. The van der Waals surface area contributed by atoms with Gasteiger partial charge in [-0.1, -0.05) is 5.92 Å². The number of hydrogen-bond acceptors (Lipinski definition) is 10. The molecule has 0 aromatic carbocycles. The third-order valence-electron chi connectivity index (χ3n) is 5.42. The molecular formula is C22H24N6O6S. The lowest BCUT2D eigenvalue weighted by atomic mass is 10.1. The number of anilines is 1. The Kier molecular flexibility index (Phi) is 7.57. The van der Waals surface area contributed by atoms with Gasteiger partial charge in [0.05, 0.1) is 31.1 Å². The molecule has 4 rings (SSSR count). The van der Waals surface area contributed by atoms with Gasteiger partial charge in [-0.05, 0) is 37.0 Å². The summed E-state index contributed by atoms with van der Waals surface area (Å²) in [5, 5.41) is 22.5. The molecule has 1 aliphatic rings. The molecule has 0 amide bonds. The van der Waals surface area contributed by atoms with Crippen molar-refractivity contribution in [3.05, 3.63) is 60.2 Å². The van der Waals surface area contributed by atoms with Crippen molar-refractivity contribution in [2.75, 3.05) is 11.9 Å². The van der Waals surface area contributed by atoms with E-state index >= 15 is 0 Å². The minimum absolute atomic E-state index is 0.0321. The summed E-state index contributed by atoms with van der Waals surface area (Å²) in [5.74, 6) is 6.25. The normalized spacial score (nSPS) is 19.8. The van der Waals surface area contributed by atoms with E-state index in [1.165, 1.54) is 6.33 Å². The van der Waals surface area contributed by atoms with Crippen LogP contribution in [0.5, 0.6) is 0 Å². The van der Waals surface area contributed by atoms with Gasteiger partial charge in [-0.2, -0.15) is 13.5 Å². The lowest BCUT2D eigenvalue weighted by molar-refractivity contribution is 0.0984. The first-order valence-corrected chi connectivity index (χ1v) is 12.2. The van der Waals surface area contributed by atoms with Crippen LogP contribution in [0.3, 0.4) is 0 Å². The largest absolute Gasteiger partial charge is 0.456 e. The van der Waals surface area contributed by atoms with E-state index in [1.807, 2.05) is 0 Å². The number of furan rings is 1. The molecule has 1 aliphatic carbocycles. The number of ketones is 1. The highest BCUT2D eigenvalue weighted by atomic mass is 32.2. The van der Waals surface area contributed by atoms with Gasteiger partial charge >= 0.3 is 10.3 Å². The summed E-state index contributed by atoms with van der Waals surface area (Å²) in [6, 6.07) is 6.64. The molecule has 3 atom stereocenters. The maximum atomic E-state index is 12.7. The van der Waals surface area contributed by atoms with Gasteiger partial charge in [-0.15, -0.1) is 0 Å². The molecule has 0 saturated heterocycles. The topological polar surface area (TPSA) is 175 Å². The number of Topliss-reactive ketones (excluding diaryl/α,β-unsaturated/α-hetero) is 1. The van der Waals surface area contributed by atoms with Crippen LogP contribution in [0.2, 0.25) is 0 Å². The van der Waals surface area contributed by atoms with Crippen molar-refractivity contribution < 1.29 is 26.9 Å². The smallest absolute Gasteiger partial charge is 0.333 e. The van der Waals surface area contributed by atoms with Crippen molar-refractivity contribution in [2.24, 2.45) is 11.1 Å². The van der Waals surface area contributed by atoms with Crippen LogP contribution in [-0.2, 0) is 27.5 Å². The highest BCUT2D eigenvalue weighted by Crippen LogP contribution is 2.29. The first-order valence-electron chi connectivity index (χ1n) is 10.8. The molecule has 0 spiro atoms. The minimum atomic E-state index is -4.07. The van der Waals surface area contributed by atoms with E-state index in [-0.39, 0.29) is 30.8 Å². The number of nitrogens with zero attached hydrogens (tertiary/aromatic N) is 4. The first kappa shape index (κ1) is 24.6. The van der Waals surface area contributed by atoms with Crippen LogP contribution >= 0.6 is 0 Å². The van der Waals surface area contributed by atoms with E-state index in [0.717, 1.165) is 0 Å². The number of nitrogens with two attached hydrogens (primary N) is 1. The van der Waals surface area contributed by atoms with Crippen molar-refractivity contribution in [1.82, 2.24) is 19.7 Å². The molecule has 35 heavy (non-hydrogen) atoms. The van der Waals surface area contributed by atoms with Gasteiger partial charge in [0.1, 0.15) is 24.4 Å². The molecule has 0 radical (unpaired) electrons. The lowest BCUT2D eigenvalue weighted by Gasteiger charge is -2.14. The van der Waals surface area contributed by atoms with Crippen molar-refractivity contribution in [3.63, 3.8) is 0 Å². The van der Waals surface area contributed by atoms with Gasteiger partial charge in [-0.25, -0.2) is 15.1 Å². The monoisotopic (exact) mass is 500 g/mol. The summed E-state index contributed by atoms with van der Waals surface area (Å²) in [7, 11) is -4.07. The van der Waals surface area contributed by atoms with E-state index in [9.17, 15) is 18.3 Å². The number of carbonyl (C=O) groups excluding carboxylic acids is 1. The maximum absolute atomic E-state index is 12.7. The third-order valence-corrected chi connectivity index (χ3v) is 5.89. The number of hydrogen-bond donors (Lipinski definition) is 3. The van der Waals surface area contributed by atoms with Crippen LogP contribution in [0.15, 0.2) is 47.5 Å². The Morgan fingerprint density at radius 2 is 2.20 bits per heavy atom. The lowest BCUT2D eigenvalue weighted by Crippen LogP contribution is -2.24. The van der Waals surface area contributed by atoms with Crippen molar-refractivity contribution >= 4 is 21.9 Å². The quantitative estimate of drug-likeness (QED) is 0.277. The predicted molar refractivity (Wildman–Crippen MR) is 123 cm³/mol. The summed E-state index contributed by atoms with van der Waals surface area (Å²) in [5.41, 5.74) is 0.807. The summed E-state index contributed by atoms with van der Waals surface area (Å²) in [6.07, 6.45) is 4.72. The van der Waals surface area contributed by atoms with Crippen LogP contribution in [0.4, 0.5) is 5.82 Å². The molecule has 3 aromatic rings. The highest BCUT2D eigenvalue weighted by molar-refractivity contribution is 7.84. The Morgan fingerprint density at radius 3 is 2.97 bits per heavy atom. The Labute approximate surface area is 201 Å². The SMILES string of the molecule is NS(=O)(=O)OC[C@H]1C[C@@H](Nc2cc(CC(=O)c3ccn(CC#Cc4ccco4)n3)ncn2)C[C@@H]1O. The molecule has 1 saturated carbocycles. The van der Waals surface area contributed by atoms with Gasteiger partial charge in [0.15, 0.2) is 11.5 Å². The Hall–Kier alpha value is -3.57. The van der Waals surface area contributed by atoms with E-state index < -0.39 is 16.4 Å². The number of rotatable bonds is 9. The van der Waals surface area contributed by atoms with Gasteiger partial charge in [0.2, 0.25) is 0 Å².